The Hall–Kier alpha value is 1.46. The van der Waals surface area contributed by atoms with Gasteiger partial charge in [-0.25, -0.2) is 9.03 Å². The molecule has 0 spiro atoms. The molecule has 0 unspecified atom stereocenters. The van der Waals surface area contributed by atoms with Crippen molar-refractivity contribution in [1.82, 2.24) is 5.32 Å². The van der Waals surface area contributed by atoms with Gasteiger partial charge in [0, 0.05) is 19.6 Å². The number of amides is 1. The predicted octanol–water partition coefficient (Wildman–Crippen LogP) is 3.93. The van der Waals surface area contributed by atoms with Crippen LogP contribution in [0.4, 0.5) is 0 Å². The number of carbonyl (C=O) groups is 1. The Labute approximate surface area is 219 Å². The molecule has 0 bridgehead atoms. The third-order valence-electron chi connectivity index (χ3n) is 5.05. The zero-order chi connectivity index (χ0) is 19.8. The molecule has 0 heterocycles. The standard InChI is InChI=1S/C22H45NO3P.K/c1-2-3-4-5-6-7-8-9-10-11-12-13-16-19-22(24)23-20-17-14-15-18-21-26-27-25;/h25H,2-21H2,1H3,(H,23,24);/q-1;+1. The van der Waals surface area contributed by atoms with E-state index in [1.165, 1.54) is 77.0 Å². The van der Waals surface area contributed by atoms with Gasteiger partial charge in [0.2, 0.25) is 5.91 Å². The van der Waals surface area contributed by atoms with E-state index in [9.17, 15) is 4.79 Å². The van der Waals surface area contributed by atoms with E-state index >= 15 is 0 Å². The largest absolute Gasteiger partial charge is 1.00 e. The maximum atomic E-state index is 11.8. The summed E-state index contributed by atoms with van der Waals surface area (Å²) >= 11 is 0. The van der Waals surface area contributed by atoms with E-state index in [1.807, 2.05) is 0 Å². The summed E-state index contributed by atoms with van der Waals surface area (Å²) in [6.45, 7) is 3.67. The Morgan fingerprint density at radius 1 is 0.750 bits per heavy atom. The first-order valence-electron chi connectivity index (χ1n) is 11.5. The summed E-state index contributed by atoms with van der Waals surface area (Å²) in [6.07, 6.45) is 22.3. The van der Waals surface area contributed by atoms with E-state index < -0.39 is 0 Å². The Bertz CT molecular complexity index is 310. The fraction of sp³-hybridized carbons (Fsp3) is 0.955. The van der Waals surface area contributed by atoms with E-state index in [0.717, 1.165) is 38.6 Å². The van der Waals surface area contributed by atoms with Gasteiger partial charge in [-0.05, 0) is 19.3 Å². The summed E-state index contributed by atoms with van der Waals surface area (Å²) in [5.74, 6) is 0.209. The number of rotatable bonds is 22. The normalized spacial score (nSPS) is 11.1. The second-order valence-corrected chi connectivity index (χ2v) is 8.09. The van der Waals surface area contributed by atoms with Crippen molar-refractivity contribution in [2.24, 2.45) is 0 Å². The zero-order valence-electron chi connectivity index (χ0n) is 18.9. The molecule has 0 aromatic heterocycles. The molecule has 0 aromatic rings. The molecule has 162 valence electrons. The van der Waals surface area contributed by atoms with Gasteiger partial charge in [0.1, 0.15) is 0 Å². The number of carbonyl (C=O) groups excluding carboxylic acids is 1. The van der Waals surface area contributed by atoms with Crippen LogP contribution in [0.2, 0.25) is 0 Å². The van der Waals surface area contributed by atoms with Crippen molar-refractivity contribution < 1.29 is 65.6 Å². The number of unbranched alkanes of at least 4 members (excludes halogenated alkanes) is 15. The molecule has 6 heteroatoms. The number of hydrogen-bond donors (Lipinski definition) is 2. The monoisotopic (exact) mass is 441 g/mol. The minimum atomic E-state index is 0. The molecule has 0 atom stereocenters. The molecule has 0 aliphatic rings. The van der Waals surface area contributed by atoms with Crippen LogP contribution in [0, 0.1) is 0 Å². The van der Waals surface area contributed by atoms with Crippen molar-refractivity contribution in [1.29, 1.82) is 0 Å². The summed E-state index contributed by atoms with van der Waals surface area (Å²) in [7, 11) is 0.0218. The minimum Gasteiger partial charge on any atom is -0.542 e. The summed E-state index contributed by atoms with van der Waals surface area (Å²) < 4.78 is 4.85. The van der Waals surface area contributed by atoms with Crippen LogP contribution >= 0.6 is 9.03 Å². The fourth-order valence-corrected chi connectivity index (χ4v) is 3.52. The van der Waals surface area contributed by atoms with Gasteiger partial charge in [-0.3, -0.25) is 4.79 Å². The molecule has 0 aliphatic carbocycles. The molecule has 0 saturated heterocycles. The number of hydrogen-bond acceptors (Lipinski definition) is 3. The molecule has 2 N–H and O–H groups in total. The summed E-state index contributed by atoms with van der Waals surface area (Å²) in [5.41, 5.74) is 0. The minimum absolute atomic E-state index is 0. The van der Waals surface area contributed by atoms with Crippen molar-refractivity contribution in [3.8, 4) is 0 Å². The van der Waals surface area contributed by atoms with Crippen molar-refractivity contribution in [3.63, 3.8) is 0 Å². The van der Waals surface area contributed by atoms with Gasteiger partial charge in [-0.15, -0.1) is 0 Å². The molecule has 0 rings (SSSR count). The van der Waals surface area contributed by atoms with Crippen LogP contribution in [0.25, 0.3) is 0 Å². The van der Waals surface area contributed by atoms with Crippen molar-refractivity contribution in [2.75, 3.05) is 13.2 Å². The van der Waals surface area contributed by atoms with Gasteiger partial charge >= 0.3 is 51.4 Å². The third kappa shape index (κ3) is 27.5. The smallest absolute Gasteiger partial charge is 0.542 e. The van der Waals surface area contributed by atoms with Gasteiger partial charge in [0.05, 0.1) is 0 Å². The molecular formula is C22H45KNO3P. The molecular weight excluding hydrogens is 396 g/mol. The van der Waals surface area contributed by atoms with Gasteiger partial charge in [0.25, 0.3) is 0 Å². The van der Waals surface area contributed by atoms with Crippen LogP contribution in [-0.4, -0.2) is 24.0 Å². The molecule has 0 radical (unpaired) electrons. The van der Waals surface area contributed by atoms with Gasteiger partial charge < -0.3 is 14.7 Å². The SMILES string of the molecule is CCCCCCCCCCCCCCCC(=O)NCCCCCCO[P-]O.[K+]. The van der Waals surface area contributed by atoms with E-state index in [1.54, 1.807) is 0 Å². The summed E-state index contributed by atoms with van der Waals surface area (Å²) in [6, 6.07) is 0. The zero-order valence-corrected chi connectivity index (χ0v) is 22.9. The van der Waals surface area contributed by atoms with Crippen LogP contribution in [0.5, 0.6) is 0 Å². The van der Waals surface area contributed by atoms with E-state index in [-0.39, 0.29) is 66.3 Å². The molecule has 0 aromatic carbocycles. The van der Waals surface area contributed by atoms with Crippen molar-refractivity contribution in [2.45, 2.75) is 122 Å². The van der Waals surface area contributed by atoms with Crippen LogP contribution in [-0.2, 0) is 9.32 Å². The first-order chi connectivity index (χ1) is 13.3. The van der Waals surface area contributed by atoms with Crippen molar-refractivity contribution >= 4 is 14.9 Å². The van der Waals surface area contributed by atoms with E-state index in [2.05, 4.69) is 12.2 Å². The Morgan fingerprint density at radius 3 is 1.75 bits per heavy atom. The van der Waals surface area contributed by atoms with Gasteiger partial charge in [-0.2, -0.15) is 0 Å². The maximum absolute atomic E-state index is 11.8. The van der Waals surface area contributed by atoms with E-state index in [0.29, 0.717) is 13.0 Å². The molecule has 4 nitrogen and oxygen atoms in total. The van der Waals surface area contributed by atoms with Gasteiger partial charge in [-0.1, -0.05) is 96.8 Å². The molecule has 0 saturated carbocycles. The Morgan fingerprint density at radius 2 is 1.21 bits per heavy atom. The predicted molar refractivity (Wildman–Crippen MR) is 117 cm³/mol. The quantitative estimate of drug-likeness (QED) is 0.152. The van der Waals surface area contributed by atoms with Gasteiger partial charge in [0.15, 0.2) is 0 Å². The third-order valence-corrected chi connectivity index (χ3v) is 5.35. The van der Waals surface area contributed by atoms with Crippen molar-refractivity contribution in [3.05, 3.63) is 0 Å². The average molecular weight is 442 g/mol. The second-order valence-electron chi connectivity index (χ2n) is 7.67. The Balaban J connectivity index is 0. The molecule has 1 amide bonds. The summed E-state index contributed by atoms with van der Waals surface area (Å²) in [5, 5.41) is 3.02. The van der Waals surface area contributed by atoms with E-state index in [4.69, 9.17) is 9.42 Å². The first kappa shape index (κ1) is 31.6. The molecule has 0 fully saturated rings. The number of nitrogens with one attached hydrogen (secondary N) is 1. The first-order valence-corrected chi connectivity index (χ1v) is 12.3. The van der Waals surface area contributed by atoms with Crippen LogP contribution < -0.4 is 56.7 Å². The second kappa shape index (κ2) is 28.5. The fourth-order valence-electron chi connectivity index (χ4n) is 3.31. The topological polar surface area (TPSA) is 58.6 Å². The average Bonchev–Trinajstić information content (AvgIpc) is 2.67. The maximum Gasteiger partial charge on any atom is 1.00 e. The summed E-state index contributed by atoms with van der Waals surface area (Å²) in [4.78, 5) is 20.2. The van der Waals surface area contributed by atoms with Crippen LogP contribution in [0.1, 0.15) is 122 Å². The Kier molecular flexibility index (Phi) is 32.2. The van der Waals surface area contributed by atoms with Crippen LogP contribution in [0.15, 0.2) is 0 Å². The molecule has 28 heavy (non-hydrogen) atoms. The van der Waals surface area contributed by atoms with Crippen LogP contribution in [0.3, 0.4) is 0 Å². The molecule has 0 aliphatic heterocycles.